The summed E-state index contributed by atoms with van der Waals surface area (Å²) < 4.78 is 26.1. The standard InChI is InChI=1S/C14H21F2N3O3/c1-5-6-14(4,12(21)22)17-11(20)7-10-8(2)18-19(9(10)3)13(15)16/h13H,5-7H2,1-4H3,(H,17,20)(H,21,22). The molecular weight excluding hydrogens is 296 g/mol. The Labute approximate surface area is 127 Å². The van der Waals surface area contributed by atoms with E-state index in [9.17, 15) is 23.5 Å². The highest BCUT2D eigenvalue weighted by Gasteiger charge is 2.34. The summed E-state index contributed by atoms with van der Waals surface area (Å²) >= 11 is 0. The molecule has 1 unspecified atom stereocenters. The third kappa shape index (κ3) is 3.80. The lowest BCUT2D eigenvalue weighted by molar-refractivity contribution is -0.147. The number of carbonyl (C=O) groups excluding carboxylic acids is 1. The number of carboxylic acid groups (broad SMARTS) is 1. The molecular formula is C14H21F2N3O3. The highest BCUT2D eigenvalue weighted by atomic mass is 19.3. The summed E-state index contributed by atoms with van der Waals surface area (Å²) in [4.78, 5) is 23.4. The fraction of sp³-hybridized carbons (Fsp3) is 0.643. The number of amides is 1. The van der Waals surface area contributed by atoms with Crippen molar-refractivity contribution < 1.29 is 23.5 Å². The normalized spacial score (nSPS) is 14.0. The van der Waals surface area contributed by atoms with Gasteiger partial charge < -0.3 is 10.4 Å². The first kappa shape index (κ1) is 18.1. The average Bonchev–Trinajstić information content (AvgIpc) is 2.66. The van der Waals surface area contributed by atoms with E-state index in [1.165, 1.54) is 20.8 Å². The number of aromatic nitrogens is 2. The summed E-state index contributed by atoms with van der Waals surface area (Å²) in [7, 11) is 0. The maximum absolute atomic E-state index is 12.8. The number of alkyl halides is 2. The number of hydrogen-bond donors (Lipinski definition) is 2. The molecule has 0 radical (unpaired) electrons. The number of nitrogens with zero attached hydrogens (tertiary/aromatic N) is 2. The number of aliphatic carboxylic acids is 1. The number of hydrogen-bond acceptors (Lipinski definition) is 3. The van der Waals surface area contributed by atoms with Gasteiger partial charge in [-0.15, -0.1) is 0 Å². The molecule has 2 N–H and O–H groups in total. The molecule has 1 aromatic heterocycles. The van der Waals surface area contributed by atoms with E-state index in [4.69, 9.17) is 0 Å². The first-order valence-corrected chi connectivity index (χ1v) is 6.99. The van der Waals surface area contributed by atoms with Crippen molar-refractivity contribution in [3.05, 3.63) is 17.0 Å². The molecule has 1 amide bonds. The summed E-state index contributed by atoms with van der Waals surface area (Å²) in [6, 6.07) is 0. The molecule has 124 valence electrons. The predicted octanol–water partition coefficient (Wildman–Crippen LogP) is 2.20. The van der Waals surface area contributed by atoms with Crippen LogP contribution >= 0.6 is 0 Å². The smallest absolute Gasteiger partial charge is 0.333 e. The van der Waals surface area contributed by atoms with Gasteiger partial charge in [0.25, 0.3) is 0 Å². The second-order valence-corrected chi connectivity index (χ2v) is 5.48. The zero-order valence-corrected chi connectivity index (χ0v) is 13.1. The van der Waals surface area contributed by atoms with Gasteiger partial charge >= 0.3 is 12.5 Å². The van der Waals surface area contributed by atoms with Crippen molar-refractivity contribution in [2.75, 3.05) is 0 Å². The van der Waals surface area contributed by atoms with Crippen molar-refractivity contribution in [1.82, 2.24) is 15.1 Å². The molecule has 0 spiro atoms. The highest BCUT2D eigenvalue weighted by molar-refractivity contribution is 5.87. The molecule has 0 saturated carbocycles. The Morgan fingerprint density at radius 1 is 1.41 bits per heavy atom. The summed E-state index contributed by atoms with van der Waals surface area (Å²) in [5, 5.41) is 15.4. The van der Waals surface area contributed by atoms with E-state index < -0.39 is 24.0 Å². The van der Waals surface area contributed by atoms with E-state index in [0.717, 1.165) is 0 Å². The maximum atomic E-state index is 12.8. The molecule has 8 heteroatoms. The van der Waals surface area contributed by atoms with Crippen molar-refractivity contribution in [2.45, 2.75) is 59.0 Å². The Hall–Kier alpha value is -1.99. The second-order valence-electron chi connectivity index (χ2n) is 5.48. The summed E-state index contributed by atoms with van der Waals surface area (Å²) in [5.41, 5.74) is -0.440. The SMILES string of the molecule is CCCC(C)(NC(=O)Cc1c(C)nn(C(F)F)c1C)C(=O)O. The molecule has 0 aliphatic carbocycles. The Balaban J connectivity index is 2.92. The van der Waals surface area contributed by atoms with Crippen LogP contribution in [-0.2, 0) is 16.0 Å². The fourth-order valence-electron chi connectivity index (χ4n) is 2.38. The van der Waals surface area contributed by atoms with Gasteiger partial charge in [-0.05, 0) is 27.2 Å². The number of aryl methyl sites for hydroxylation is 1. The summed E-state index contributed by atoms with van der Waals surface area (Å²) in [5.74, 6) is -1.65. The Morgan fingerprint density at radius 2 is 2.00 bits per heavy atom. The Kier molecular flexibility index (Phi) is 5.62. The van der Waals surface area contributed by atoms with Crippen LogP contribution < -0.4 is 5.32 Å². The monoisotopic (exact) mass is 317 g/mol. The van der Waals surface area contributed by atoms with Gasteiger partial charge in [0.2, 0.25) is 5.91 Å². The van der Waals surface area contributed by atoms with E-state index in [1.807, 2.05) is 6.92 Å². The molecule has 1 atom stereocenters. The van der Waals surface area contributed by atoms with Gasteiger partial charge in [0, 0.05) is 11.3 Å². The molecule has 0 aromatic carbocycles. The zero-order chi connectivity index (χ0) is 17.1. The summed E-state index contributed by atoms with van der Waals surface area (Å²) in [6.45, 7) is 3.46. The molecule has 1 rings (SSSR count). The van der Waals surface area contributed by atoms with Crippen LogP contribution in [0, 0.1) is 13.8 Å². The lowest BCUT2D eigenvalue weighted by Gasteiger charge is -2.25. The van der Waals surface area contributed by atoms with Crippen molar-refractivity contribution in [3.63, 3.8) is 0 Å². The molecule has 0 fully saturated rings. The van der Waals surface area contributed by atoms with Crippen molar-refractivity contribution in [1.29, 1.82) is 0 Å². The van der Waals surface area contributed by atoms with Crippen LogP contribution in [0.15, 0.2) is 0 Å². The Bertz CT molecular complexity index is 572. The van der Waals surface area contributed by atoms with E-state index in [0.29, 0.717) is 22.4 Å². The number of rotatable bonds is 7. The van der Waals surface area contributed by atoms with Gasteiger partial charge in [0.1, 0.15) is 5.54 Å². The maximum Gasteiger partial charge on any atom is 0.333 e. The molecule has 0 aliphatic heterocycles. The predicted molar refractivity (Wildman–Crippen MR) is 75.7 cm³/mol. The fourth-order valence-corrected chi connectivity index (χ4v) is 2.38. The highest BCUT2D eigenvalue weighted by Crippen LogP contribution is 2.20. The van der Waals surface area contributed by atoms with E-state index in [2.05, 4.69) is 10.4 Å². The Morgan fingerprint density at radius 3 is 2.41 bits per heavy atom. The molecule has 6 nitrogen and oxygen atoms in total. The number of carbonyl (C=O) groups is 2. The van der Waals surface area contributed by atoms with E-state index in [-0.39, 0.29) is 18.5 Å². The quantitative estimate of drug-likeness (QED) is 0.807. The van der Waals surface area contributed by atoms with Crippen LogP contribution in [0.2, 0.25) is 0 Å². The summed E-state index contributed by atoms with van der Waals surface area (Å²) in [6.07, 6.45) is 0.684. The van der Waals surface area contributed by atoms with Gasteiger partial charge in [-0.2, -0.15) is 13.9 Å². The number of nitrogens with one attached hydrogen (secondary N) is 1. The molecule has 1 heterocycles. The van der Waals surface area contributed by atoms with Crippen LogP contribution in [0.3, 0.4) is 0 Å². The number of carboxylic acids is 1. The largest absolute Gasteiger partial charge is 0.480 e. The van der Waals surface area contributed by atoms with Gasteiger partial charge in [0.05, 0.1) is 12.1 Å². The average molecular weight is 317 g/mol. The van der Waals surface area contributed by atoms with Gasteiger partial charge in [0.15, 0.2) is 0 Å². The lowest BCUT2D eigenvalue weighted by atomic mass is 9.95. The van der Waals surface area contributed by atoms with Crippen LogP contribution in [0.5, 0.6) is 0 Å². The van der Waals surface area contributed by atoms with Crippen molar-refractivity contribution in [2.24, 2.45) is 0 Å². The van der Waals surface area contributed by atoms with Crippen LogP contribution in [-0.4, -0.2) is 32.3 Å². The second kappa shape index (κ2) is 6.85. The number of halogens is 2. The first-order chi connectivity index (χ1) is 10.1. The third-order valence-corrected chi connectivity index (χ3v) is 3.63. The minimum Gasteiger partial charge on any atom is -0.480 e. The molecule has 22 heavy (non-hydrogen) atoms. The van der Waals surface area contributed by atoms with Gasteiger partial charge in [-0.1, -0.05) is 13.3 Å². The minimum atomic E-state index is -2.78. The first-order valence-electron chi connectivity index (χ1n) is 6.99. The van der Waals surface area contributed by atoms with Crippen LogP contribution in [0.4, 0.5) is 8.78 Å². The van der Waals surface area contributed by atoms with Crippen LogP contribution in [0.1, 0.15) is 50.2 Å². The van der Waals surface area contributed by atoms with Gasteiger partial charge in [-0.25, -0.2) is 9.48 Å². The van der Waals surface area contributed by atoms with E-state index >= 15 is 0 Å². The van der Waals surface area contributed by atoms with Crippen LogP contribution in [0.25, 0.3) is 0 Å². The van der Waals surface area contributed by atoms with Gasteiger partial charge in [-0.3, -0.25) is 4.79 Å². The van der Waals surface area contributed by atoms with Crippen molar-refractivity contribution in [3.8, 4) is 0 Å². The van der Waals surface area contributed by atoms with E-state index in [1.54, 1.807) is 0 Å². The molecule has 0 saturated heterocycles. The minimum absolute atomic E-state index is 0.184. The van der Waals surface area contributed by atoms with Crippen molar-refractivity contribution >= 4 is 11.9 Å². The molecule has 0 aliphatic rings. The molecule has 0 bridgehead atoms. The molecule has 1 aromatic rings. The lowest BCUT2D eigenvalue weighted by Crippen LogP contribution is -2.52. The zero-order valence-electron chi connectivity index (χ0n) is 13.1. The third-order valence-electron chi connectivity index (χ3n) is 3.63. The topological polar surface area (TPSA) is 84.2 Å².